The molecule has 3 fully saturated rings. The van der Waals surface area contributed by atoms with Gasteiger partial charge in [0.2, 0.25) is 11.4 Å². The molecular formula is C21H37NO18. The first-order chi connectivity index (χ1) is 18.6. The van der Waals surface area contributed by atoms with Crippen molar-refractivity contribution in [2.45, 2.75) is 103 Å². The maximum atomic E-state index is 12.5. The Kier molecular flexibility index (Phi) is 10.5. The van der Waals surface area contributed by atoms with E-state index in [1.807, 2.05) is 0 Å². The molecule has 3 aliphatic rings. The number of aliphatic carboxylic acids is 1. The third kappa shape index (κ3) is 5.47. The van der Waals surface area contributed by atoms with E-state index >= 15 is 0 Å². The van der Waals surface area contributed by atoms with Crippen LogP contribution in [0.15, 0.2) is 0 Å². The molecule has 0 amide bonds. The second kappa shape index (κ2) is 12.6. The van der Waals surface area contributed by atoms with Gasteiger partial charge < -0.3 is 91.1 Å². The van der Waals surface area contributed by atoms with E-state index in [1.54, 1.807) is 0 Å². The standard InChI is InChI=1S/C21H37NO18/c22-9-5(26)1-20(19(34)35,40-16(9)10(28)6(27)2-23)21(36)17(33)14(32)15(8(4-25)39-21)38-18-13(31)12(30)11(29)7(3-24)37-18/h5-18,23-33,36H,1-4,22H2,(H,34,35)/t5-,6+,7+,8+,9+,10+,11-,12-,13+,14-,15+,16+,17+,18-,20?,21?/m0/s1. The highest BCUT2D eigenvalue weighted by molar-refractivity contribution is 5.79. The first-order valence-corrected chi connectivity index (χ1v) is 12.3. The fraction of sp³-hybridized carbons (Fsp3) is 0.952. The molecule has 3 rings (SSSR count). The Balaban J connectivity index is 1.96. The van der Waals surface area contributed by atoms with E-state index < -0.39 is 129 Å². The molecule has 0 aromatic heterocycles. The summed E-state index contributed by atoms with van der Waals surface area (Å²) in [5.74, 6) is -5.63. The molecule has 234 valence electrons. The molecule has 0 aliphatic carbocycles. The maximum absolute atomic E-state index is 12.5. The van der Waals surface area contributed by atoms with E-state index in [0.717, 1.165) is 0 Å². The zero-order valence-electron chi connectivity index (χ0n) is 20.8. The quantitative estimate of drug-likeness (QED) is 0.118. The van der Waals surface area contributed by atoms with Crippen molar-refractivity contribution in [3.05, 3.63) is 0 Å². The van der Waals surface area contributed by atoms with Crippen molar-refractivity contribution in [1.82, 2.24) is 0 Å². The molecule has 19 heteroatoms. The van der Waals surface area contributed by atoms with Crippen molar-refractivity contribution in [2.75, 3.05) is 19.8 Å². The van der Waals surface area contributed by atoms with E-state index in [1.165, 1.54) is 0 Å². The molecule has 40 heavy (non-hydrogen) atoms. The van der Waals surface area contributed by atoms with Crippen LogP contribution in [-0.2, 0) is 23.7 Å². The predicted molar refractivity (Wildman–Crippen MR) is 121 cm³/mol. The van der Waals surface area contributed by atoms with Gasteiger partial charge in [-0.2, -0.15) is 0 Å². The van der Waals surface area contributed by atoms with Gasteiger partial charge in [0.05, 0.1) is 32.0 Å². The largest absolute Gasteiger partial charge is 0.479 e. The molecule has 0 radical (unpaired) electrons. The van der Waals surface area contributed by atoms with E-state index in [0.29, 0.717) is 0 Å². The van der Waals surface area contributed by atoms with Gasteiger partial charge in [-0.25, -0.2) is 4.79 Å². The van der Waals surface area contributed by atoms with Crippen molar-refractivity contribution < 1.29 is 90.1 Å². The Bertz CT molecular complexity index is 865. The molecule has 16 atom stereocenters. The van der Waals surface area contributed by atoms with E-state index in [2.05, 4.69) is 0 Å². The van der Waals surface area contributed by atoms with Crippen LogP contribution in [0.4, 0.5) is 0 Å². The normalized spacial score (nSPS) is 49.8. The van der Waals surface area contributed by atoms with Gasteiger partial charge in [-0.3, -0.25) is 0 Å². The molecule has 3 aliphatic heterocycles. The lowest BCUT2D eigenvalue weighted by atomic mass is 9.74. The van der Waals surface area contributed by atoms with Gasteiger partial charge in [-0.15, -0.1) is 0 Å². The van der Waals surface area contributed by atoms with Gasteiger partial charge in [0.25, 0.3) is 0 Å². The molecule has 3 heterocycles. The minimum absolute atomic E-state index is 0.846. The molecule has 0 bridgehead atoms. The summed E-state index contributed by atoms with van der Waals surface area (Å²) in [5, 5.41) is 133. The summed E-state index contributed by atoms with van der Waals surface area (Å²) in [6.45, 7) is -3.04. The second-order valence-electron chi connectivity index (χ2n) is 10.1. The van der Waals surface area contributed by atoms with Gasteiger partial charge in [0.15, 0.2) is 6.29 Å². The van der Waals surface area contributed by atoms with Crippen LogP contribution < -0.4 is 5.73 Å². The predicted octanol–water partition coefficient (Wildman–Crippen LogP) is -9.01. The number of carboxylic acid groups (broad SMARTS) is 1. The van der Waals surface area contributed by atoms with Gasteiger partial charge in [0.1, 0.15) is 67.1 Å². The lowest BCUT2D eigenvalue weighted by molar-refractivity contribution is -0.427. The number of carboxylic acids is 1. The van der Waals surface area contributed by atoms with Crippen LogP contribution in [0.5, 0.6) is 0 Å². The third-order valence-electron chi connectivity index (χ3n) is 7.58. The Morgan fingerprint density at radius 2 is 1.52 bits per heavy atom. The van der Waals surface area contributed by atoms with Crippen molar-refractivity contribution in [1.29, 1.82) is 0 Å². The molecule has 19 nitrogen and oxygen atoms in total. The number of carbonyl (C=O) groups is 1. The van der Waals surface area contributed by atoms with Gasteiger partial charge in [-0.05, 0) is 0 Å². The van der Waals surface area contributed by atoms with Crippen LogP contribution in [0.25, 0.3) is 0 Å². The monoisotopic (exact) mass is 591 g/mol. The number of hydrogen-bond acceptors (Lipinski definition) is 18. The first-order valence-electron chi connectivity index (χ1n) is 12.3. The number of rotatable bonds is 9. The highest BCUT2D eigenvalue weighted by Gasteiger charge is 2.72. The lowest BCUT2D eigenvalue weighted by Crippen LogP contribution is -2.80. The van der Waals surface area contributed by atoms with E-state index in [9.17, 15) is 71.2 Å². The molecule has 3 saturated heterocycles. The lowest BCUT2D eigenvalue weighted by Gasteiger charge is -2.57. The van der Waals surface area contributed by atoms with Crippen LogP contribution in [0.1, 0.15) is 6.42 Å². The summed E-state index contributed by atoms with van der Waals surface area (Å²) in [6.07, 6.45) is -27.1. The topological polar surface area (TPSA) is 343 Å². The van der Waals surface area contributed by atoms with Crippen LogP contribution >= 0.6 is 0 Å². The maximum Gasteiger partial charge on any atom is 0.341 e. The minimum atomic E-state index is -3.52. The smallest absolute Gasteiger partial charge is 0.341 e. The molecule has 0 saturated carbocycles. The molecule has 0 aromatic carbocycles. The second-order valence-corrected chi connectivity index (χ2v) is 10.1. The minimum Gasteiger partial charge on any atom is -0.479 e. The molecule has 2 unspecified atom stereocenters. The number of hydrogen-bond donors (Lipinski definition) is 14. The zero-order valence-corrected chi connectivity index (χ0v) is 20.8. The SMILES string of the molecule is N[C@H]1[C@H]([C@H](O)[C@H](O)CO)OC(C(=O)O)(C2(O)O[C@H](CO)[C@@H](O[C@@H]3O[C@H](CO)[C@H](O)[C@H](O)[C@H]3O)[C@H](O)[C@H]2O)C[C@@H]1O. The molecule has 15 N–H and O–H groups in total. The summed E-state index contributed by atoms with van der Waals surface area (Å²) in [5.41, 5.74) is 2.57. The summed E-state index contributed by atoms with van der Waals surface area (Å²) >= 11 is 0. The molecule has 0 spiro atoms. The van der Waals surface area contributed by atoms with Crippen molar-refractivity contribution >= 4 is 5.97 Å². The Morgan fingerprint density at radius 3 is 2.05 bits per heavy atom. The zero-order chi connectivity index (χ0) is 30.3. The first kappa shape index (κ1) is 33.3. The Labute approximate surface area is 225 Å². The Morgan fingerprint density at radius 1 is 0.925 bits per heavy atom. The van der Waals surface area contributed by atoms with Crippen LogP contribution in [0.2, 0.25) is 0 Å². The van der Waals surface area contributed by atoms with Crippen molar-refractivity contribution in [3.63, 3.8) is 0 Å². The number of nitrogens with two attached hydrogens (primary N) is 1. The van der Waals surface area contributed by atoms with Gasteiger partial charge >= 0.3 is 5.97 Å². The highest BCUT2D eigenvalue weighted by atomic mass is 16.7. The van der Waals surface area contributed by atoms with Crippen LogP contribution in [0, 0.1) is 0 Å². The molecule has 0 aromatic rings. The summed E-state index contributed by atoms with van der Waals surface area (Å²) in [4.78, 5) is 12.5. The number of aliphatic hydroxyl groups excluding tert-OH is 11. The van der Waals surface area contributed by atoms with Crippen LogP contribution in [0.3, 0.4) is 0 Å². The summed E-state index contributed by atoms with van der Waals surface area (Å²) in [7, 11) is 0. The van der Waals surface area contributed by atoms with Crippen molar-refractivity contribution in [3.8, 4) is 0 Å². The third-order valence-corrected chi connectivity index (χ3v) is 7.58. The average molecular weight is 592 g/mol. The van der Waals surface area contributed by atoms with E-state index in [-0.39, 0.29) is 0 Å². The van der Waals surface area contributed by atoms with E-state index in [4.69, 9.17) is 24.7 Å². The van der Waals surface area contributed by atoms with Crippen LogP contribution in [-0.4, -0.2) is 189 Å². The van der Waals surface area contributed by atoms with Gasteiger partial charge in [-0.1, -0.05) is 0 Å². The van der Waals surface area contributed by atoms with Gasteiger partial charge in [0, 0.05) is 6.42 Å². The Hall–Kier alpha value is -1.21. The fourth-order valence-corrected chi connectivity index (χ4v) is 5.13. The number of aliphatic hydroxyl groups is 12. The summed E-state index contributed by atoms with van der Waals surface area (Å²) < 4.78 is 21.3. The highest BCUT2D eigenvalue weighted by Crippen LogP contribution is 2.46. The summed E-state index contributed by atoms with van der Waals surface area (Å²) in [6, 6.07) is -1.59. The number of ether oxygens (including phenoxy) is 4. The molecular weight excluding hydrogens is 554 g/mol. The fourth-order valence-electron chi connectivity index (χ4n) is 5.13. The van der Waals surface area contributed by atoms with Crippen molar-refractivity contribution in [2.24, 2.45) is 5.73 Å². The average Bonchev–Trinajstić information content (AvgIpc) is 2.93.